The Labute approximate surface area is 107 Å². The summed E-state index contributed by atoms with van der Waals surface area (Å²) in [5.74, 6) is -1.42. The molecule has 0 bridgehead atoms. The number of esters is 1. The Morgan fingerprint density at radius 2 is 2.28 bits per heavy atom. The number of hydrogen-bond acceptors (Lipinski definition) is 3. The fraction of sp³-hybridized carbons (Fsp3) is 0.182. The summed E-state index contributed by atoms with van der Waals surface area (Å²) < 4.78 is 18.0. The van der Waals surface area contributed by atoms with Crippen molar-refractivity contribution in [2.24, 2.45) is 5.11 Å². The van der Waals surface area contributed by atoms with Gasteiger partial charge in [-0.1, -0.05) is 28.8 Å². The van der Waals surface area contributed by atoms with Gasteiger partial charge in [0.05, 0.1) is 12.1 Å². The van der Waals surface area contributed by atoms with Gasteiger partial charge < -0.3 is 4.74 Å². The third kappa shape index (κ3) is 3.00. The maximum Gasteiger partial charge on any atom is 0.340 e. The summed E-state index contributed by atoms with van der Waals surface area (Å²) in [6, 6.07) is 3.01. The van der Waals surface area contributed by atoms with Gasteiger partial charge in [-0.25, -0.2) is 9.18 Å². The molecule has 0 unspecified atom stereocenters. The second kappa shape index (κ2) is 6.05. The van der Waals surface area contributed by atoms with Crippen LogP contribution in [-0.4, -0.2) is 13.1 Å². The Hall–Kier alpha value is -2.04. The van der Waals surface area contributed by atoms with Crippen molar-refractivity contribution in [3.8, 4) is 0 Å². The molecule has 1 aromatic rings. The summed E-state index contributed by atoms with van der Waals surface area (Å²) in [4.78, 5) is 13.8. The van der Waals surface area contributed by atoms with Crippen LogP contribution >= 0.6 is 11.6 Å². The molecule has 5 nitrogen and oxygen atoms in total. The molecule has 7 heteroatoms. The molecule has 94 valence electrons. The Morgan fingerprint density at radius 3 is 2.83 bits per heavy atom. The van der Waals surface area contributed by atoms with Crippen LogP contribution < -0.4 is 0 Å². The van der Waals surface area contributed by atoms with Crippen LogP contribution in [0.15, 0.2) is 22.9 Å². The smallest absolute Gasteiger partial charge is 0.340 e. The van der Waals surface area contributed by atoms with E-state index in [0.717, 1.165) is 13.2 Å². The number of hydrogen-bond donors (Lipinski definition) is 0. The molecule has 18 heavy (non-hydrogen) atoms. The molecule has 0 spiro atoms. The first-order valence-electron chi connectivity index (χ1n) is 4.81. The third-order valence-electron chi connectivity index (χ3n) is 2.14. The molecule has 0 radical (unpaired) electrons. The maximum atomic E-state index is 13.5. The molecule has 0 amide bonds. The molecule has 0 heterocycles. The van der Waals surface area contributed by atoms with E-state index in [9.17, 15) is 9.18 Å². The number of benzene rings is 1. The number of azide groups is 1. The zero-order valence-corrected chi connectivity index (χ0v) is 10.4. The summed E-state index contributed by atoms with van der Waals surface area (Å²) in [5.41, 5.74) is 8.63. The Morgan fingerprint density at radius 1 is 1.61 bits per heavy atom. The van der Waals surface area contributed by atoms with Crippen LogP contribution in [0.2, 0.25) is 5.02 Å². The standard InChI is InChI=1S/C11H9ClFN3O2/c1-6-3-4-7(9(12)10(6)13)5-8(15-16-14)11(17)18-2/h3-5H,1-2H3/b8-5+. The number of carbonyl (C=O) groups excluding carboxylic acids is 1. The minimum Gasteiger partial charge on any atom is -0.466 e. The van der Waals surface area contributed by atoms with Gasteiger partial charge >= 0.3 is 5.97 Å². The zero-order chi connectivity index (χ0) is 13.7. The third-order valence-corrected chi connectivity index (χ3v) is 2.53. The summed E-state index contributed by atoms with van der Waals surface area (Å²) in [5, 5.41) is 3.02. The van der Waals surface area contributed by atoms with Gasteiger partial charge in [-0.15, -0.1) is 0 Å². The number of ether oxygens (including phenoxy) is 1. The molecule has 0 aromatic heterocycles. The van der Waals surface area contributed by atoms with Crippen molar-refractivity contribution in [2.75, 3.05) is 7.11 Å². The number of methoxy groups -OCH3 is 1. The Balaban J connectivity index is 3.33. The monoisotopic (exact) mass is 269 g/mol. The predicted octanol–water partition coefficient (Wildman–Crippen LogP) is 3.61. The molecule has 0 saturated heterocycles. The molecule has 0 atom stereocenters. The van der Waals surface area contributed by atoms with Gasteiger partial charge in [-0.05, 0) is 29.7 Å². The van der Waals surface area contributed by atoms with Gasteiger partial charge in [0.2, 0.25) is 0 Å². The van der Waals surface area contributed by atoms with E-state index in [4.69, 9.17) is 17.1 Å². The van der Waals surface area contributed by atoms with E-state index in [1.165, 1.54) is 12.1 Å². The quantitative estimate of drug-likeness (QED) is 0.276. The van der Waals surface area contributed by atoms with E-state index in [0.29, 0.717) is 5.56 Å². The second-order valence-electron chi connectivity index (χ2n) is 3.31. The first kappa shape index (κ1) is 14.0. The average molecular weight is 270 g/mol. The minimum absolute atomic E-state index is 0.149. The van der Waals surface area contributed by atoms with Crippen LogP contribution in [-0.2, 0) is 9.53 Å². The molecular formula is C11H9ClFN3O2. The van der Waals surface area contributed by atoms with Crippen LogP contribution in [0.4, 0.5) is 4.39 Å². The molecule has 0 saturated carbocycles. The van der Waals surface area contributed by atoms with E-state index < -0.39 is 11.8 Å². The number of halogens is 2. The second-order valence-corrected chi connectivity index (χ2v) is 3.69. The number of nitrogens with zero attached hydrogens (tertiary/aromatic N) is 3. The lowest BCUT2D eigenvalue weighted by atomic mass is 10.1. The van der Waals surface area contributed by atoms with Gasteiger partial charge in [-0.2, -0.15) is 0 Å². The number of carbonyl (C=O) groups is 1. The van der Waals surface area contributed by atoms with Crippen molar-refractivity contribution in [3.05, 3.63) is 50.2 Å². The van der Waals surface area contributed by atoms with Gasteiger partial charge in [0.15, 0.2) is 0 Å². The zero-order valence-electron chi connectivity index (χ0n) is 9.65. The highest BCUT2D eigenvalue weighted by Gasteiger charge is 2.11. The lowest BCUT2D eigenvalue weighted by molar-refractivity contribution is -0.136. The van der Waals surface area contributed by atoms with Gasteiger partial charge in [0, 0.05) is 4.91 Å². The predicted molar refractivity (Wildman–Crippen MR) is 65.3 cm³/mol. The minimum atomic E-state index is -0.829. The van der Waals surface area contributed by atoms with Crippen molar-refractivity contribution >= 4 is 23.6 Å². The summed E-state index contributed by atoms with van der Waals surface area (Å²) >= 11 is 5.78. The van der Waals surface area contributed by atoms with Crippen molar-refractivity contribution < 1.29 is 13.9 Å². The van der Waals surface area contributed by atoms with Crippen LogP contribution in [0.5, 0.6) is 0 Å². The molecule has 1 rings (SSSR count). The molecule has 0 aliphatic heterocycles. The van der Waals surface area contributed by atoms with Gasteiger partial charge in [-0.3, -0.25) is 0 Å². The molecule has 1 aromatic carbocycles. The van der Waals surface area contributed by atoms with E-state index in [-0.39, 0.29) is 16.3 Å². The van der Waals surface area contributed by atoms with E-state index in [1.807, 2.05) is 0 Å². The highest BCUT2D eigenvalue weighted by molar-refractivity contribution is 6.32. The van der Waals surface area contributed by atoms with Crippen molar-refractivity contribution in [1.82, 2.24) is 0 Å². The lowest BCUT2D eigenvalue weighted by Crippen LogP contribution is -2.02. The van der Waals surface area contributed by atoms with Crippen LogP contribution in [0.25, 0.3) is 16.5 Å². The summed E-state index contributed by atoms with van der Waals surface area (Å²) in [7, 11) is 1.14. The first-order valence-corrected chi connectivity index (χ1v) is 5.18. The van der Waals surface area contributed by atoms with E-state index in [2.05, 4.69) is 14.8 Å². The van der Waals surface area contributed by atoms with Crippen LogP contribution in [0.3, 0.4) is 0 Å². The normalized spacial score (nSPS) is 10.8. The average Bonchev–Trinajstić information content (AvgIpc) is 2.37. The molecular weight excluding hydrogens is 261 g/mol. The Bertz CT molecular complexity index is 566. The fourth-order valence-electron chi connectivity index (χ4n) is 1.20. The largest absolute Gasteiger partial charge is 0.466 e. The first-order chi connectivity index (χ1) is 8.51. The van der Waals surface area contributed by atoms with Crippen LogP contribution in [0.1, 0.15) is 11.1 Å². The van der Waals surface area contributed by atoms with E-state index in [1.54, 1.807) is 6.92 Å². The van der Waals surface area contributed by atoms with Crippen LogP contribution in [0, 0.1) is 12.7 Å². The van der Waals surface area contributed by atoms with Gasteiger partial charge in [0.1, 0.15) is 11.5 Å². The number of aryl methyl sites for hydroxylation is 1. The molecule has 0 N–H and O–H groups in total. The van der Waals surface area contributed by atoms with Crippen molar-refractivity contribution in [1.29, 1.82) is 0 Å². The fourth-order valence-corrected chi connectivity index (χ4v) is 1.47. The molecule has 0 aliphatic carbocycles. The number of rotatable bonds is 3. The summed E-state index contributed by atoms with van der Waals surface area (Å²) in [6.45, 7) is 1.56. The highest BCUT2D eigenvalue weighted by atomic mass is 35.5. The van der Waals surface area contributed by atoms with E-state index >= 15 is 0 Å². The van der Waals surface area contributed by atoms with Crippen molar-refractivity contribution in [3.63, 3.8) is 0 Å². The SMILES string of the molecule is COC(=O)/C(=C\c1ccc(C)c(F)c1Cl)N=[N+]=[N-]. The Kier molecular flexibility index (Phi) is 4.71. The summed E-state index contributed by atoms with van der Waals surface area (Å²) in [6.07, 6.45) is 1.16. The maximum absolute atomic E-state index is 13.5. The lowest BCUT2D eigenvalue weighted by Gasteiger charge is -2.04. The highest BCUT2D eigenvalue weighted by Crippen LogP contribution is 2.25. The van der Waals surface area contributed by atoms with Gasteiger partial charge in [0.25, 0.3) is 0 Å². The van der Waals surface area contributed by atoms with Crippen molar-refractivity contribution in [2.45, 2.75) is 6.92 Å². The topological polar surface area (TPSA) is 75.1 Å². The molecule has 0 aliphatic rings. The molecule has 0 fully saturated rings.